The molecular weight excluding hydrogens is 242 g/mol. The van der Waals surface area contributed by atoms with Gasteiger partial charge in [-0.2, -0.15) is 0 Å². The van der Waals surface area contributed by atoms with Gasteiger partial charge in [0.2, 0.25) is 11.8 Å². The Kier molecular flexibility index (Phi) is 4.38. The molecule has 6 heteroatoms. The van der Waals surface area contributed by atoms with Crippen LogP contribution in [-0.2, 0) is 9.59 Å². The summed E-state index contributed by atoms with van der Waals surface area (Å²) in [5, 5.41) is 5.98. The number of nitrogens with zero attached hydrogens (tertiary/aromatic N) is 1. The summed E-state index contributed by atoms with van der Waals surface area (Å²) in [5.41, 5.74) is -0.710. The van der Waals surface area contributed by atoms with Crippen LogP contribution in [0.5, 0.6) is 0 Å². The zero-order valence-electron chi connectivity index (χ0n) is 10.3. The lowest BCUT2D eigenvalue weighted by molar-refractivity contribution is -0.151. The topological polar surface area (TPSA) is 61.4 Å². The molecule has 0 aromatic heterocycles. The fraction of sp³-hybridized carbons (Fsp3) is 0.818. The SMILES string of the molecule is CC1(C)C(=O)NCCN1C(=O)C1CCNC1.Cl. The van der Waals surface area contributed by atoms with Crippen LogP contribution in [0.3, 0.4) is 0 Å². The molecule has 98 valence electrons. The summed E-state index contributed by atoms with van der Waals surface area (Å²) in [6.07, 6.45) is 0.882. The molecule has 2 aliphatic rings. The number of carbonyl (C=O) groups is 2. The Morgan fingerprint density at radius 3 is 2.71 bits per heavy atom. The van der Waals surface area contributed by atoms with Gasteiger partial charge in [-0.05, 0) is 26.8 Å². The summed E-state index contributed by atoms with van der Waals surface area (Å²) in [5.74, 6) is 0.105. The van der Waals surface area contributed by atoms with Gasteiger partial charge in [0, 0.05) is 19.6 Å². The molecule has 17 heavy (non-hydrogen) atoms. The van der Waals surface area contributed by atoms with E-state index < -0.39 is 5.54 Å². The predicted octanol–water partition coefficient (Wildman–Crippen LogP) is -0.245. The fourth-order valence-corrected chi connectivity index (χ4v) is 2.37. The molecule has 2 fully saturated rings. The van der Waals surface area contributed by atoms with E-state index in [2.05, 4.69) is 10.6 Å². The molecule has 0 aromatic carbocycles. The summed E-state index contributed by atoms with van der Waals surface area (Å²) in [6.45, 7) is 6.44. The first-order valence-electron chi connectivity index (χ1n) is 5.84. The quantitative estimate of drug-likeness (QED) is 0.685. The Labute approximate surface area is 108 Å². The molecule has 2 aliphatic heterocycles. The number of hydrogen-bond donors (Lipinski definition) is 2. The average molecular weight is 262 g/mol. The van der Waals surface area contributed by atoms with E-state index in [1.807, 2.05) is 13.8 Å². The summed E-state index contributed by atoms with van der Waals surface area (Å²) < 4.78 is 0. The maximum atomic E-state index is 12.3. The number of hydrogen-bond acceptors (Lipinski definition) is 3. The first-order valence-corrected chi connectivity index (χ1v) is 5.84. The molecule has 2 rings (SSSR count). The number of rotatable bonds is 1. The number of nitrogens with one attached hydrogen (secondary N) is 2. The molecular formula is C11H20ClN3O2. The number of piperazine rings is 1. The van der Waals surface area contributed by atoms with Crippen molar-refractivity contribution in [2.75, 3.05) is 26.2 Å². The Hall–Kier alpha value is -0.810. The van der Waals surface area contributed by atoms with Gasteiger partial charge in [0.1, 0.15) is 5.54 Å². The molecule has 0 saturated carbocycles. The highest BCUT2D eigenvalue weighted by molar-refractivity contribution is 5.92. The molecule has 0 aromatic rings. The van der Waals surface area contributed by atoms with Crippen LogP contribution in [0.2, 0.25) is 0 Å². The third-order valence-corrected chi connectivity index (χ3v) is 3.53. The van der Waals surface area contributed by atoms with Crippen LogP contribution in [-0.4, -0.2) is 48.4 Å². The van der Waals surface area contributed by atoms with E-state index in [9.17, 15) is 9.59 Å². The normalized spacial score (nSPS) is 27.3. The van der Waals surface area contributed by atoms with E-state index in [1.165, 1.54) is 0 Å². The smallest absolute Gasteiger partial charge is 0.245 e. The van der Waals surface area contributed by atoms with E-state index in [1.54, 1.807) is 4.90 Å². The molecule has 1 atom stereocenters. The standard InChI is InChI=1S/C11H19N3O2.ClH/c1-11(2)10(16)13-5-6-14(11)9(15)8-3-4-12-7-8;/h8,12H,3-7H2,1-2H3,(H,13,16);1H. The highest BCUT2D eigenvalue weighted by atomic mass is 35.5. The maximum Gasteiger partial charge on any atom is 0.245 e. The lowest BCUT2D eigenvalue weighted by Gasteiger charge is -2.42. The van der Waals surface area contributed by atoms with E-state index in [-0.39, 0.29) is 30.1 Å². The number of halogens is 1. The molecule has 0 aliphatic carbocycles. The monoisotopic (exact) mass is 261 g/mol. The van der Waals surface area contributed by atoms with Gasteiger partial charge in [-0.1, -0.05) is 0 Å². The van der Waals surface area contributed by atoms with E-state index in [4.69, 9.17) is 0 Å². The Morgan fingerprint density at radius 2 is 2.12 bits per heavy atom. The van der Waals surface area contributed by atoms with Crippen molar-refractivity contribution in [2.24, 2.45) is 5.92 Å². The highest BCUT2D eigenvalue weighted by Gasteiger charge is 2.42. The number of amides is 2. The van der Waals surface area contributed by atoms with Gasteiger partial charge in [-0.15, -0.1) is 12.4 Å². The first kappa shape index (κ1) is 14.3. The van der Waals surface area contributed by atoms with Crippen LogP contribution in [0.25, 0.3) is 0 Å². The van der Waals surface area contributed by atoms with Crippen molar-refractivity contribution in [1.82, 2.24) is 15.5 Å². The zero-order valence-corrected chi connectivity index (χ0v) is 11.1. The second-order valence-corrected chi connectivity index (χ2v) is 4.99. The van der Waals surface area contributed by atoms with Crippen LogP contribution in [0.15, 0.2) is 0 Å². The second kappa shape index (κ2) is 5.23. The largest absolute Gasteiger partial charge is 0.352 e. The predicted molar refractivity (Wildman–Crippen MR) is 67.0 cm³/mol. The molecule has 2 heterocycles. The molecule has 0 spiro atoms. The average Bonchev–Trinajstić information content (AvgIpc) is 2.74. The molecule has 1 unspecified atom stereocenters. The van der Waals surface area contributed by atoms with Crippen molar-refractivity contribution in [3.05, 3.63) is 0 Å². The van der Waals surface area contributed by atoms with Gasteiger partial charge >= 0.3 is 0 Å². The van der Waals surface area contributed by atoms with Crippen LogP contribution in [0.4, 0.5) is 0 Å². The highest BCUT2D eigenvalue weighted by Crippen LogP contribution is 2.22. The van der Waals surface area contributed by atoms with Gasteiger partial charge in [0.05, 0.1) is 5.92 Å². The van der Waals surface area contributed by atoms with Crippen LogP contribution < -0.4 is 10.6 Å². The van der Waals surface area contributed by atoms with Crippen molar-refractivity contribution in [1.29, 1.82) is 0 Å². The minimum atomic E-state index is -0.710. The lowest BCUT2D eigenvalue weighted by atomic mass is 9.95. The first-order chi connectivity index (χ1) is 7.53. The van der Waals surface area contributed by atoms with Crippen molar-refractivity contribution in [3.63, 3.8) is 0 Å². The van der Waals surface area contributed by atoms with Gasteiger partial charge in [-0.3, -0.25) is 9.59 Å². The van der Waals surface area contributed by atoms with Gasteiger partial charge in [0.15, 0.2) is 0 Å². The Balaban J connectivity index is 0.00000144. The molecule has 5 nitrogen and oxygen atoms in total. The van der Waals surface area contributed by atoms with Crippen molar-refractivity contribution >= 4 is 24.2 Å². The minimum Gasteiger partial charge on any atom is -0.352 e. The number of carbonyl (C=O) groups excluding carboxylic acids is 2. The van der Waals surface area contributed by atoms with Crippen molar-refractivity contribution in [3.8, 4) is 0 Å². The van der Waals surface area contributed by atoms with E-state index >= 15 is 0 Å². The minimum absolute atomic E-state index is 0. The third kappa shape index (κ3) is 2.55. The lowest BCUT2D eigenvalue weighted by Crippen LogP contribution is -2.64. The Morgan fingerprint density at radius 1 is 1.41 bits per heavy atom. The molecule has 2 N–H and O–H groups in total. The molecule has 2 saturated heterocycles. The van der Waals surface area contributed by atoms with Gasteiger partial charge < -0.3 is 15.5 Å². The molecule has 2 amide bonds. The fourth-order valence-electron chi connectivity index (χ4n) is 2.37. The maximum absolute atomic E-state index is 12.3. The molecule has 0 radical (unpaired) electrons. The van der Waals surface area contributed by atoms with Crippen molar-refractivity contribution in [2.45, 2.75) is 25.8 Å². The summed E-state index contributed by atoms with van der Waals surface area (Å²) in [4.78, 5) is 25.7. The van der Waals surface area contributed by atoms with Crippen LogP contribution >= 0.6 is 12.4 Å². The summed E-state index contributed by atoms with van der Waals surface area (Å²) in [6, 6.07) is 0. The van der Waals surface area contributed by atoms with Gasteiger partial charge in [0.25, 0.3) is 0 Å². The zero-order chi connectivity index (χ0) is 11.8. The third-order valence-electron chi connectivity index (χ3n) is 3.53. The Bertz CT molecular complexity index is 314. The van der Waals surface area contributed by atoms with Crippen LogP contribution in [0.1, 0.15) is 20.3 Å². The van der Waals surface area contributed by atoms with Crippen LogP contribution in [0, 0.1) is 5.92 Å². The summed E-state index contributed by atoms with van der Waals surface area (Å²) in [7, 11) is 0. The van der Waals surface area contributed by atoms with E-state index in [0.29, 0.717) is 13.1 Å². The van der Waals surface area contributed by atoms with E-state index in [0.717, 1.165) is 19.5 Å². The molecule has 0 bridgehead atoms. The van der Waals surface area contributed by atoms with Gasteiger partial charge in [-0.25, -0.2) is 0 Å². The summed E-state index contributed by atoms with van der Waals surface area (Å²) >= 11 is 0. The second-order valence-electron chi connectivity index (χ2n) is 4.99. The van der Waals surface area contributed by atoms with Crippen molar-refractivity contribution < 1.29 is 9.59 Å².